The van der Waals surface area contributed by atoms with Gasteiger partial charge in [-0.1, -0.05) is 42.5 Å². The Labute approximate surface area is 165 Å². The fourth-order valence-corrected chi connectivity index (χ4v) is 3.62. The highest BCUT2D eigenvalue weighted by Crippen LogP contribution is 2.30. The van der Waals surface area contributed by atoms with E-state index in [1.54, 1.807) is 7.11 Å². The number of pyridine rings is 1. The van der Waals surface area contributed by atoms with Crippen molar-refractivity contribution in [3.05, 3.63) is 89.2 Å². The monoisotopic (exact) mass is 371 g/mol. The zero-order valence-corrected chi connectivity index (χ0v) is 16.6. The van der Waals surface area contributed by atoms with Crippen LogP contribution in [0.15, 0.2) is 66.9 Å². The maximum absolute atomic E-state index is 5.28. The fraction of sp³-hybridized carbons (Fsp3) is 0.208. The van der Waals surface area contributed by atoms with Gasteiger partial charge in [0.05, 0.1) is 12.6 Å². The molecule has 28 heavy (non-hydrogen) atoms. The van der Waals surface area contributed by atoms with E-state index in [9.17, 15) is 0 Å². The molecule has 2 heterocycles. The van der Waals surface area contributed by atoms with Gasteiger partial charge in [-0.3, -0.25) is 0 Å². The molecule has 4 nitrogen and oxygen atoms in total. The van der Waals surface area contributed by atoms with Crippen molar-refractivity contribution in [2.45, 2.75) is 26.9 Å². The number of fused-ring (bicyclic) bond motifs is 1. The predicted molar refractivity (Wildman–Crippen MR) is 115 cm³/mol. The van der Waals surface area contributed by atoms with Crippen LogP contribution >= 0.6 is 0 Å². The minimum Gasteiger partial charge on any atom is -0.497 e. The van der Waals surface area contributed by atoms with E-state index >= 15 is 0 Å². The number of aryl methyl sites for hydroxylation is 1. The van der Waals surface area contributed by atoms with Crippen LogP contribution in [0.5, 0.6) is 5.75 Å². The van der Waals surface area contributed by atoms with Gasteiger partial charge in [0.1, 0.15) is 5.75 Å². The summed E-state index contributed by atoms with van der Waals surface area (Å²) in [5, 5.41) is 4.78. The largest absolute Gasteiger partial charge is 0.497 e. The Kier molecular flexibility index (Phi) is 5.02. The van der Waals surface area contributed by atoms with Gasteiger partial charge < -0.3 is 14.6 Å². The summed E-state index contributed by atoms with van der Waals surface area (Å²) in [4.78, 5) is 4.65. The van der Waals surface area contributed by atoms with Gasteiger partial charge >= 0.3 is 0 Å². The molecule has 142 valence electrons. The van der Waals surface area contributed by atoms with E-state index in [2.05, 4.69) is 71.2 Å². The third-order valence-corrected chi connectivity index (χ3v) is 5.35. The first-order valence-electron chi connectivity index (χ1n) is 9.52. The Balaban J connectivity index is 1.71. The number of hydrogen-bond acceptors (Lipinski definition) is 3. The summed E-state index contributed by atoms with van der Waals surface area (Å²) < 4.78 is 7.64. The van der Waals surface area contributed by atoms with Crippen molar-refractivity contribution in [3.63, 3.8) is 0 Å². The molecule has 1 N–H and O–H groups in total. The number of nitrogens with zero attached hydrogens (tertiary/aromatic N) is 2. The van der Waals surface area contributed by atoms with Gasteiger partial charge in [0, 0.05) is 30.4 Å². The molecule has 0 radical (unpaired) electrons. The van der Waals surface area contributed by atoms with Crippen molar-refractivity contribution in [2.75, 3.05) is 12.4 Å². The summed E-state index contributed by atoms with van der Waals surface area (Å²) in [5.74, 6) is 1.80. The highest BCUT2D eigenvalue weighted by Gasteiger charge is 2.15. The summed E-state index contributed by atoms with van der Waals surface area (Å²) in [7, 11) is 1.69. The van der Waals surface area contributed by atoms with Gasteiger partial charge in [0.15, 0.2) is 5.82 Å². The highest BCUT2D eigenvalue weighted by molar-refractivity contribution is 5.93. The van der Waals surface area contributed by atoms with E-state index in [-0.39, 0.29) is 0 Å². The maximum Gasteiger partial charge on any atom is 0.150 e. The molecule has 2 aromatic heterocycles. The molecule has 4 heteroatoms. The van der Waals surface area contributed by atoms with E-state index in [1.807, 2.05) is 24.4 Å². The second kappa shape index (κ2) is 7.77. The molecule has 2 aromatic carbocycles. The quantitative estimate of drug-likeness (QED) is 0.498. The molecule has 4 rings (SSSR count). The molecule has 0 spiro atoms. The maximum atomic E-state index is 5.28. The molecule has 0 aliphatic heterocycles. The summed E-state index contributed by atoms with van der Waals surface area (Å²) in [6, 6.07) is 20.8. The molecule has 0 fully saturated rings. The Morgan fingerprint density at radius 1 is 0.929 bits per heavy atom. The molecular weight excluding hydrogens is 346 g/mol. The lowest BCUT2D eigenvalue weighted by Crippen LogP contribution is -2.07. The highest BCUT2D eigenvalue weighted by atomic mass is 16.5. The number of benzene rings is 2. The number of ether oxygens (including phenoxy) is 1. The van der Waals surface area contributed by atoms with Crippen LogP contribution < -0.4 is 10.1 Å². The molecule has 4 aromatic rings. The molecule has 0 bridgehead atoms. The van der Waals surface area contributed by atoms with Gasteiger partial charge in [-0.25, -0.2) is 4.98 Å². The van der Waals surface area contributed by atoms with Gasteiger partial charge in [-0.05, 0) is 48.7 Å². The molecule has 0 unspecified atom stereocenters. The average Bonchev–Trinajstić information content (AvgIpc) is 2.99. The first kappa shape index (κ1) is 18.1. The Bertz CT molecular complexity index is 1080. The van der Waals surface area contributed by atoms with Crippen molar-refractivity contribution in [3.8, 4) is 5.75 Å². The van der Waals surface area contributed by atoms with Gasteiger partial charge in [0.25, 0.3) is 0 Å². The minimum atomic E-state index is 0.749. The van der Waals surface area contributed by atoms with Crippen LogP contribution in [-0.2, 0) is 13.1 Å². The van der Waals surface area contributed by atoms with Crippen molar-refractivity contribution in [1.29, 1.82) is 0 Å². The Morgan fingerprint density at radius 2 is 1.68 bits per heavy atom. The second-order valence-electron chi connectivity index (χ2n) is 7.04. The van der Waals surface area contributed by atoms with Gasteiger partial charge in [-0.2, -0.15) is 0 Å². The SMILES string of the molecule is COc1ccc(Cn2c(C)c(C)c3ccnc(NCc4ccccc4)c32)cc1. The summed E-state index contributed by atoms with van der Waals surface area (Å²) in [5.41, 5.74) is 6.20. The van der Waals surface area contributed by atoms with Crippen LogP contribution in [0.1, 0.15) is 22.4 Å². The van der Waals surface area contributed by atoms with Crippen LogP contribution in [0.4, 0.5) is 5.82 Å². The fourth-order valence-electron chi connectivity index (χ4n) is 3.62. The van der Waals surface area contributed by atoms with Crippen molar-refractivity contribution in [1.82, 2.24) is 9.55 Å². The normalized spacial score (nSPS) is 11.0. The third-order valence-electron chi connectivity index (χ3n) is 5.35. The number of anilines is 1. The van der Waals surface area contributed by atoms with Crippen molar-refractivity contribution >= 4 is 16.7 Å². The zero-order chi connectivity index (χ0) is 19.5. The Morgan fingerprint density at radius 3 is 2.39 bits per heavy atom. The topological polar surface area (TPSA) is 39.1 Å². The molecule has 0 atom stereocenters. The number of hydrogen-bond donors (Lipinski definition) is 1. The van der Waals surface area contributed by atoms with Crippen LogP contribution in [0, 0.1) is 13.8 Å². The van der Waals surface area contributed by atoms with Crippen LogP contribution in [0.25, 0.3) is 10.9 Å². The van der Waals surface area contributed by atoms with Crippen molar-refractivity contribution in [2.24, 2.45) is 0 Å². The molecule has 0 aliphatic rings. The minimum absolute atomic E-state index is 0.749. The molecule has 0 saturated heterocycles. The number of methoxy groups -OCH3 is 1. The molecule has 0 amide bonds. The van der Waals surface area contributed by atoms with E-state index in [1.165, 1.54) is 27.8 Å². The third kappa shape index (κ3) is 3.46. The molecule has 0 aliphatic carbocycles. The second-order valence-corrected chi connectivity index (χ2v) is 7.04. The smallest absolute Gasteiger partial charge is 0.150 e. The summed E-state index contributed by atoms with van der Waals surface area (Å²) >= 11 is 0. The number of rotatable bonds is 6. The standard InChI is InChI=1S/C24H25N3O/c1-17-18(2)27(16-20-9-11-21(28-3)12-10-20)23-22(17)13-14-25-24(23)26-15-19-7-5-4-6-8-19/h4-14H,15-16H2,1-3H3,(H,25,26). The van der Waals surface area contributed by atoms with Crippen molar-refractivity contribution < 1.29 is 4.74 Å². The lowest BCUT2D eigenvalue weighted by Gasteiger charge is -2.13. The van der Waals surface area contributed by atoms with Crippen LogP contribution in [0.3, 0.4) is 0 Å². The molecule has 0 saturated carbocycles. The van der Waals surface area contributed by atoms with Crippen LogP contribution in [-0.4, -0.2) is 16.7 Å². The molecular formula is C24H25N3O. The summed E-state index contributed by atoms with van der Waals surface area (Å²) in [6.45, 7) is 5.91. The first-order chi connectivity index (χ1) is 13.7. The van der Waals surface area contributed by atoms with Gasteiger partial charge in [0.2, 0.25) is 0 Å². The lowest BCUT2D eigenvalue weighted by atomic mass is 10.2. The van der Waals surface area contributed by atoms with E-state index in [0.717, 1.165) is 30.2 Å². The average molecular weight is 371 g/mol. The number of aromatic nitrogens is 2. The van der Waals surface area contributed by atoms with Gasteiger partial charge in [-0.15, -0.1) is 0 Å². The number of nitrogens with one attached hydrogen (secondary N) is 1. The predicted octanol–water partition coefficient (Wildman–Crippen LogP) is 5.32. The van der Waals surface area contributed by atoms with Crippen LogP contribution in [0.2, 0.25) is 0 Å². The van der Waals surface area contributed by atoms with E-state index < -0.39 is 0 Å². The first-order valence-corrected chi connectivity index (χ1v) is 9.52. The summed E-state index contributed by atoms with van der Waals surface area (Å²) in [6.07, 6.45) is 1.89. The van der Waals surface area contributed by atoms with E-state index in [0.29, 0.717) is 0 Å². The Hall–Kier alpha value is -3.27. The lowest BCUT2D eigenvalue weighted by molar-refractivity contribution is 0.414. The zero-order valence-electron chi connectivity index (χ0n) is 16.6. The van der Waals surface area contributed by atoms with E-state index in [4.69, 9.17) is 4.74 Å².